The van der Waals surface area contributed by atoms with E-state index in [-0.39, 0.29) is 0 Å². The molecule has 3 heteroatoms. The molecular formula is C11H13Cl2N. The lowest BCUT2D eigenvalue weighted by Crippen LogP contribution is -2.29. The molecule has 2 rings (SSSR count). The summed E-state index contributed by atoms with van der Waals surface area (Å²) in [6.07, 6.45) is 0. The van der Waals surface area contributed by atoms with Crippen LogP contribution in [0, 0.1) is 0 Å². The van der Waals surface area contributed by atoms with Gasteiger partial charge in [0.05, 0.1) is 0 Å². The average Bonchev–Trinajstić information content (AvgIpc) is 2.07. The molecule has 0 aliphatic carbocycles. The van der Waals surface area contributed by atoms with Crippen LogP contribution in [0.5, 0.6) is 0 Å². The molecule has 76 valence electrons. The summed E-state index contributed by atoms with van der Waals surface area (Å²) in [6, 6.07) is 3.87. The molecule has 14 heavy (non-hydrogen) atoms. The van der Waals surface area contributed by atoms with E-state index in [0.29, 0.717) is 5.92 Å². The van der Waals surface area contributed by atoms with E-state index in [2.05, 4.69) is 18.9 Å². The molecule has 0 fully saturated rings. The van der Waals surface area contributed by atoms with Gasteiger partial charge in [0.15, 0.2) is 0 Å². The third-order valence-corrected chi connectivity index (χ3v) is 3.29. The van der Waals surface area contributed by atoms with Crippen LogP contribution in [0.2, 0.25) is 10.0 Å². The summed E-state index contributed by atoms with van der Waals surface area (Å²) in [5.41, 5.74) is 2.54. The molecule has 0 aromatic heterocycles. The highest BCUT2D eigenvalue weighted by atomic mass is 35.5. The quantitative estimate of drug-likeness (QED) is 0.658. The highest BCUT2D eigenvalue weighted by Gasteiger charge is 2.22. The molecule has 1 nitrogen and oxygen atoms in total. The van der Waals surface area contributed by atoms with Crippen molar-refractivity contribution in [3.05, 3.63) is 33.3 Å². The van der Waals surface area contributed by atoms with Crippen molar-refractivity contribution in [1.82, 2.24) is 4.90 Å². The smallest absolute Gasteiger partial charge is 0.0468 e. The Morgan fingerprint density at radius 3 is 2.79 bits per heavy atom. The van der Waals surface area contributed by atoms with Gasteiger partial charge in [0.25, 0.3) is 0 Å². The Morgan fingerprint density at radius 2 is 2.07 bits per heavy atom. The summed E-state index contributed by atoms with van der Waals surface area (Å²) in [6.45, 7) is 4.21. The predicted molar refractivity (Wildman–Crippen MR) is 61.2 cm³/mol. The fourth-order valence-electron chi connectivity index (χ4n) is 2.13. The Labute approximate surface area is 94.6 Å². The first-order valence-electron chi connectivity index (χ1n) is 4.74. The molecule has 0 amide bonds. The van der Waals surface area contributed by atoms with Gasteiger partial charge in [0.2, 0.25) is 0 Å². The molecule has 1 aliphatic rings. The SMILES string of the molecule is CC1CN(C)Cc2c(Cl)cc(Cl)cc21. The molecule has 1 aliphatic heterocycles. The Bertz CT molecular complexity index is 363. The summed E-state index contributed by atoms with van der Waals surface area (Å²) in [7, 11) is 2.12. The summed E-state index contributed by atoms with van der Waals surface area (Å²) >= 11 is 12.2. The second kappa shape index (κ2) is 3.73. The van der Waals surface area contributed by atoms with Crippen LogP contribution in [0.25, 0.3) is 0 Å². The predicted octanol–water partition coefficient (Wildman–Crippen LogP) is 3.54. The lowest BCUT2D eigenvalue weighted by Gasteiger charge is -2.30. The molecule has 1 heterocycles. The normalized spacial score (nSPS) is 22.1. The fraction of sp³-hybridized carbons (Fsp3) is 0.455. The second-order valence-electron chi connectivity index (χ2n) is 4.05. The number of nitrogens with zero attached hydrogens (tertiary/aromatic N) is 1. The van der Waals surface area contributed by atoms with Crippen LogP contribution in [0.3, 0.4) is 0 Å². The third-order valence-electron chi connectivity index (χ3n) is 2.74. The number of rotatable bonds is 0. The van der Waals surface area contributed by atoms with Gasteiger partial charge in [-0.1, -0.05) is 30.1 Å². The van der Waals surface area contributed by atoms with E-state index in [1.165, 1.54) is 11.1 Å². The number of fused-ring (bicyclic) bond motifs is 1. The summed E-state index contributed by atoms with van der Waals surface area (Å²) in [5.74, 6) is 0.514. The van der Waals surface area contributed by atoms with Crippen molar-refractivity contribution in [2.45, 2.75) is 19.4 Å². The van der Waals surface area contributed by atoms with E-state index in [1.807, 2.05) is 12.1 Å². The molecule has 0 bridgehead atoms. The van der Waals surface area contributed by atoms with Gasteiger partial charge in [-0.2, -0.15) is 0 Å². The van der Waals surface area contributed by atoms with Crippen LogP contribution in [0.1, 0.15) is 24.0 Å². The van der Waals surface area contributed by atoms with Gasteiger partial charge in [0, 0.05) is 23.1 Å². The molecule has 1 aromatic carbocycles. The Kier molecular flexibility index (Phi) is 2.74. The molecule has 0 radical (unpaired) electrons. The first-order valence-corrected chi connectivity index (χ1v) is 5.50. The molecule has 0 N–H and O–H groups in total. The van der Waals surface area contributed by atoms with E-state index in [9.17, 15) is 0 Å². The number of likely N-dealkylation sites (N-methyl/N-ethyl adjacent to an activating group) is 1. The number of hydrogen-bond donors (Lipinski definition) is 0. The Morgan fingerprint density at radius 1 is 1.36 bits per heavy atom. The van der Waals surface area contributed by atoms with Gasteiger partial charge in [-0.3, -0.25) is 0 Å². The zero-order chi connectivity index (χ0) is 10.3. The molecule has 0 spiro atoms. The van der Waals surface area contributed by atoms with Gasteiger partial charge < -0.3 is 4.90 Å². The topological polar surface area (TPSA) is 3.24 Å². The van der Waals surface area contributed by atoms with E-state index in [1.54, 1.807) is 0 Å². The van der Waals surface area contributed by atoms with Crippen LogP contribution < -0.4 is 0 Å². The van der Waals surface area contributed by atoms with Crippen molar-refractivity contribution in [3.63, 3.8) is 0 Å². The minimum Gasteiger partial charge on any atom is -0.301 e. The fourth-order valence-corrected chi connectivity index (χ4v) is 2.70. The van der Waals surface area contributed by atoms with Crippen molar-refractivity contribution in [2.75, 3.05) is 13.6 Å². The lowest BCUT2D eigenvalue weighted by molar-refractivity contribution is 0.288. The molecule has 1 unspecified atom stereocenters. The van der Waals surface area contributed by atoms with Crippen LogP contribution in [0.15, 0.2) is 12.1 Å². The Balaban J connectivity index is 2.53. The van der Waals surface area contributed by atoms with Crippen molar-refractivity contribution in [1.29, 1.82) is 0 Å². The number of benzene rings is 1. The largest absolute Gasteiger partial charge is 0.301 e. The Hall–Kier alpha value is -0.240. The van der Waals surface area contributed by atoms with Crippen molar-refractivity contribution >= 4 is 23.2 Å². The highest BCUT2D eigenvalue weighted by Crippen LogP contribution is 2.34. The zero-order valence-electron chi connectivity index (χ0n) is 8.35. The highest BCUT2D eigenvalue weighted by molar-refractivity contribution is 6.35. The van der Waals surface area contributed by atoms with E-state index < -0.39 is 0 Å². The summed E-state index contributed by atoms with van der Waals surface area (Å²) in [4.78, 5) is 2.28. The maximum absolute atomic E-state index is 6.17. The van der Waals surface area contributed by atoms with Crippen LogP contribution >= 0.6 is 23.2 Å². The van der Waals surface area contributed by atoms with Gasteiger partial charge in [-0.05, 0) is 36.2 Å². The van der Waals surface area contributed by atoms with Crippen LogP contribution in [-0.2, 0) is 6.54 Å². The van der Waals surface area contributed by atoms with Crippen molar-refractivity contribution < 1.29 is 0 Å². The first-order chi connectivity index (χ1) is 6.58. The van der Waals surface area contributed by atoms with Crippen molar-refractivity contribution in [3.8, 4) is 0 Å². The van der Waals surface area contributed by atoms with E-state index in [4.69, 9.17) is 23.2 Å². The molecule has 0 saturated carbocycles. The van der Waals surface area contributed by atoms with Gasteiger partial charge >= 0.3 is 0 Å². The number of hydrogen-bond acceptors (Lipinski definition) is 1. The third kappa shape index (κ3) is 1.77. The maximum atomic E-state index is 6.17. The molecule has 1 aromatic rings. The van der Waals surface area contributed by atoms with Gasteiger partial charge in [0.1, 0.15) is 0 Å². The second-order valence-corrected chi connectivity index (χ2v) is 4.90. The van der Waals surface area contributed by atoms with Gasteiger partial charge in [-0.15, -0.1) is 0 Å². The van der Waals surface area contributed by atoms with E-state index in [0.717, 1.165) is 23.1 Å². The van der Waals surface area contributed by atoms with Crippen molar-refractivity contribution in [2.24, 2.45) is 0 Å². The monoisotopic (exact) mass is 229 g/mol. The standard InChI is InChI=1S/C11H13Cl2N/c1-7-5-14(2)6-10-9(7)3-8(12)4-11(10)13/h3-4,7H,5-6H2,1-2H3. The number of halogens is 2. The average molecular weight is 230 g/mol. The molecule has 1 atom stereocenters. The molecule has 0 saturated heterocycles. The van der Waals surface area contributed by atoms with Crippen LogP contribution in [0.4, 0.5) is 0 Å². The minimum atomic E-state index is 0.514. The first kappa shape index (κ1) is 10.3. The van der Waals surface area contributed by atoms with E-state index >= 15 is 0 Å². The minimum absolute atomic E-state index is 0.514. The summed E-state index contributed by atoms with van der Waals surface area (Å²) < 4.78 is 0. The maximum Gasteiger partial charge on any atom is 0.0468 e. The zero-order valence-corrected chi connectivity index (χ0v) is 9.86. The van der Waals surface area contributed by atoms with Crippen LogP contribution in [-0.4, -0.2) is 18.5 Å². The lowest BCUT2D eigenvalue weighted by atomic mass is 9.91. The van der Waals surface area contributed by atoms with Gasteiger partial charge in [-0.25, -0.2) is 0 Å². The molecular weight excluding hydrogens is 217 g/mol. The summed E-state index contributed by atoms with van der Waals surface area (Å²) in [5, 5.41) is 1.54.